The summed E-state index contributed by atoms with van der Waals surface area (Å²) >= 11 is 0. The lowest BCUT2D eigenvalue weighted by molar-refractivity contribution is -0.384. The number of amides is 2. The number of para-hydroxylation sites is 1. The molecule has 0 aromatic heterocycles. The SMILES string of the molecule is CN1C(=O)C2ON(c3ccccc3)C(c3cccc([N+](=O)[O-])c3)C2C1=O. The lowest BCUT2D eigenvalue weighted by Crippen LogP contribution is -2.34. The van der Waals surface area contributed by atoms with Crippen LogP contribution in [0.5, 0.6) is 0 Å². The smallest absolute Gasteiger partial charge is 0.269 e. The Labute approximate surface area is 148 Å². The number of carbonyl (C=O) groups is 2. The third-order valence-electron chi connectivity index (χ3n) is 4.77. The van der Waals surface area contributed by atoms with Crippen molar-refractivity contribution in [1.82, 2.24) is 4.90 Å². The van der Waals surface area contributed by atoms with E-state index in [0.717, 1.165) is 4.90 Å². The number of benzene rings is 2. The third kappa shape index (κ3) is 2.34. The van der Waals surface area contributed by atoms with Crippen molar-refractivity contribution in [2.24, 2.45) is 5.92 Å². The van der Waals surface area contributed by atoms with Crippen LogP contribution < -0.4 is 5.06 Å². The van der Waals surface area contributed by atoms with Crippen molar-refractivity contribution in [3.05, 3.63) is 70.3 Å². The Morgan fingerprint density at radius 3 is 2.46 bits per heavy atom. The number of imide groups is 1. The maximum atomic E-state index is 12.6. The number of non-ortho nitro benzene ring substituents is 1. The summed E-state index contributed by atoms with van der Waals surface area (Å²) in [5, 5.41) is 12.7. The third-order valence-corrected chi connectivity index (χ3v) is 4.77. The average Bonchev–Trinajstić information content (AvgIpc) is 3.15. The topological polar surface area (TPSA) is 93.0 Å². The van der Waals surface area contributed by atoms with E-state index in [4.69, 9.17) is 4.84 Å². The van der Waals surface area contributed by atoms with E-state index in [1.54, 1.807) is 24.3 Å². The first-order valence-corrected chi connectivity index (χ1v) is 8.06. The van der Waals surface area contributed by atoms with E-state index in [1.807, 2.05) is 18.2 Å². The van der Waals surface area contributed by atoms with Crippen LogP contribution in [0.3, 0.4) is 0 Å². The highest BCUT2D eigenvalue weighted by Gasteiger charge is 2.59. The Hall–Kier alpha value is -3.26. The molecule has 3 unspecified atom stereocenters. The molecular weight excluding hydrogens is 338 g/mol. The molecule has 2 heterocycles. The summed E-state index contributed by atoms with van der Waals surface area (Å²) in [7, 11) is 1.42. The molecule has 2 amide bonds. The molecule has 2 aromatic rings. The molecule has 0 radical (unpaired) electrons. The van der Waals surface area contributed by atoms with E-state index < -0.39 is 28.9 Å². The van der Waals surface area contributed by atoms with Crippen molar-refractivity contribution in [2.45, 2.75) is 12.1 Å². The molecule has 2 saturated heterocycles. The number of fused-ring (bicyclic) bond motifs is 1. The van der Waals surface area contributed by atoms with Gasteiger partial charge in [-0.25, -0.2) is 5.06 Å². The molecule has 2 aliphatic rings. The number of nitro groups is 1. The molecule has 0 spiro atoms. The number of carbonyl (C=O) groups excluding carboxylic acids is 2. The molecule has 8 heteroatoms. The van der Waals surface area contributed by atoms with Gasteiger partial charge in [-0.05, 0) is 17.7 Å². The first kappa shape index (κ1) is 16.2. The molecule has 4 rings (SSSR count). The highest BCUT2D eigenvalue weighted by atomic mass is 16.7. The fraction of sp³-hybridized carbons (Fsp3) is 0.222. The molecule has 2 fully saturated rings. The van der Waals surface area contributed by atoms with Crippen LogP contribution in [-0.4, -0.2) is 34.8 Å². The van der Waals surface area contributed by atoms with Gasteiger partial charge in [-0.3, -0.25) is 29.4 Å². The van der Waals surface area contributed by atoms with Crippen LogP contribution in [0, 0.1) is 16.0 Å². The number of likely N-dealkylation sites (N-methyl/N-ethyl adjacent to an activating group) is 1. The van der Waals surface area contributed by atoms with Crippen LogP contribution in [0.25, 0.3) is 0 Å². The fourth-order valence-electron chi connectivity index (χ4n) is 3.51. The zero-order chi connectivity index (χ0) is 18.4. The predicted octanol–water partition coefficient (Wildman–Crippen LogP) is 2.07. The van der Waals surface area contributed by atoms with E-state index in [-0.39, 0.29) is 11.6 Å². The number of nitro benzene ring substituents is 1. The molecule has 0 N–H and O–H groups in total. The van der Waals surface area contributed by atoms with Crippen LogP contribution in [-0.2, 0) is 14.4 Å². The predicted molar refractivity (Wildman–Crippen MR) is 90.9 cm³/mol. The van der Waals surface area contributed by atoms with Crippen LogP contribution in [0.4, 0.5) is 11.4 Å². The van der Waals surface area contributed by atoms with Gasteiger partial charge in [0.25, 0.3) is 11.6 Å². The summed E-state index contributed by atoms with van der Waals surface area (Å²) in [5.41, 5.74) is 1.14. The standard InChI is InChI=1S/C18H15N3O5/c1-19-17(22)14-15(11-6-5-9-13(10-11)21(24)25)20(26-16(14)18(19)23)12-7-3-2-4-8-12/h2-10,14-16H,1H3. The molecule has 132 valence electrons. The van der Waals surface area contributed by atoms with Gasteiger partial charge in [0.1, 0.15) is 5.92 Å². The highest BCUT2D eigenvalue weighted by Crippen LogP contribution is 2.46. The van der Waals surface area contributed by atoms with Gasteiger partial charge in [0.2, 0.25) is 5.91 Å². The number of hydrogen-bond acceptors (Lipinski definition) is 6. The number of anilines is 1. The summed E-state index contributed by atoms with van der Waals surface area (Å²) in [5.74, 6) is -1.52. The minimum atomic E-state index is -0.933. The van der Waals surface area contributed by atoms with Gasteiger partial charge in [0.05, 0.1) is 16.7 Å². The van der Waals surface area contributed by atoms with Crippen molar-refractivity contribution in [2.75, 3.05) is 12.1 Å². The molecule has 0 bridgehead atoms. The maximum Gasteiger partial charge on any atom is 0.269 e. The molecule has 2 aromatic carbocycles. The minimum Gasteiger partial charge on any atom is -0.283 e. The van der Waals surface area contributed by atoms with Crippen molar-refractivity contribution in [3.63, 3.8) is 0 Å². The van der Waals surface area contributed by atoms with Gasteiger partial charge in [-0.2, -0.15) is 0 Å². The summed E-state index contributed by atoms with van der Waals surface area (Å²) in [6, 6.07) is 14.5. The van der Waals surface area contributed by atoms with E-state index in [0.29, 0.717) is 11.3 Å². The zero-order valence-electron chi connectivity index (χ0n) is 13.8. The molecule has 0 saturated carbocycles. The summed E-state index contributed by atoms with van der Waals surface area (Å²) < 4.78 is 0. The molecule has 0 aliphatic carbocycles. The Balaban J connectivity index is 1.83. The second-order valence-electron chi connectivity index (χ2n) is 6.25. The molecule has 3 atom stereocenters. The zero-order valence-corrected chi connectivity index (χ0v) is 13.8. The number of hydrogen-bond donors (Lipinski definition) is 0. The first-order chi connectivity index (χ1) is 12.5. The highest BCUT2D eigenvalue weighted by molar-refractivity contribution is 6.07. The Bertz CT molecular complexity index is 901. The van der Waals surface area contributed by atoms with Crippen LogP contribution >= 0.6 is 0 Å². The van der Waals surface area contributed by atoms with Gasteiger partial charge in [0, 0.05) is 19.2 Å². The van der Waals surface area contributed by atoms with E-state index >= 15 is 0 Å². The van der Waals surface area contributed by atoms with Crippen LogP contribution in [0.15, 0.2) is 54.6 Å². The van der Waals surface area contributed by atoms with Gasteiger partial charge in [-0.1, -0.05) is 30.3 Å². The largest absolute Gasteiger partial charge is 0.283 e. The summed E-state index contributed by atoms with van der Waals surface area (Å²) in [6.07, 6.45) is -0.933. The number of rotatable bonds is 3. The van der Waals surface area contributed by atoms with Gasteiger partial charge >= 0.3 is 0 Å². The minimum absolute atomic E-state index is 0.0795. The van der Waals surface area contributed by atoms with Gasteiger partial charge in [-0.15, -0.1) is 0 Å². The van der Waals surface area contributed by atoms with Gasteiger partial charge < -0.3 is 0 Å². The normalized spacial score (nSPS) is 24.9. The van der Waals surface area contributed by atoms with Crippen molar-refractivity contribution >= 4 is 23.2 Å². The fourth-order valence-corrected chi connectivity index (χ4v) is 3.51. The Morgan fingerprint density at radius 1 is 1.04 bits per heavy atom. The average molecular weight is 353 g/mol. The van der Waals surface area contributed by atoms with Crippen molar-refractivity contribution in [1.29, 1.82) is 0 Å². The number of hydroxylamine groups is 1. The summed E-state index contributed by atoms with van der Waals surface area (Å²) in [4.78, 5) is 42.6. The number of likely N-dealkylation sites (tertiary alicyclic amines) is 1. The van der Waals surface area contributed by atoms with Crippen molar-refractivity contribution in [3.8, 4) is 0 Å². The second kappa shape index (κ2) is 5.92. The molecule has 8 nitrogen and oxygen atoms in total. The monoisotopic (exact) mass is 353 g/mol. The molecular formula is C18H15N3O5. The van der Waals surface area contributed by atoms with Gasteiger partial charge in [0.15, 0.2) is 6.10 Å². The maximum absolute atomic E-state index is 12.6. The summed E-state index contributed by atoms with van der Waals surface area (Å²) in [6.45, 7) is 0. The van der Waals surface area contributed by atoms with Crippen LogP contribution in [0.1, 0.15) is 11.6 Å². The van der Waals surface area contributed by atoms with E-state index in [9.17, 15) is 19.7 Å². The molecule has 2 aliphatic heterocycles. The van der Waals surface area contributed by atoms with E-state index in [1.165, 1.54) is 24.2 Å². The van der Waals surface area contributed by atoms with Crippen molar-refractivity contribution < 1.29 is 19.3 Å². The lowest BCUT2D eigenvalue weighted by atomic mass is 9.90. The second-order valence-corrected chi connectivity index (χ2v) is 6.25. The van der Waals surface area contributed by atoms with E-state index in [2.05, 4.69) is 0 Å². The number of nitrogens with zero attached hydrogens (tertiary/aromatic N) is 3. The molecule has 26 heavy (non-hydrogen) atoms. The Morgan fingerprint density at radius 2 is 1.77 bits per heavy atom. The van der Waals surface area contributed by atoms with Crippen LogP contribution in [0.2, 0.25) is 0 Å². The first-order valence-electron chi connectivity index (χ1n) is 8.06. The lowest BCUT2D eigenvalue weighted by Gasteiger charge is -2.27. The quantitative estimate of drug-likeness (QED) is 0.476. The Kier molecular flexibility index (Phi) is 3.69.